The van der Waals surface area contributed by atoms with E-state index in [1.165, 1.54) is 24.3 Å². The summed E-state index contributed by atoms with van der Waals surface area (Å²) in [6.07, 6.45) is 7.22. The van der Waals surface area contributed by atoms with E-state index in [0.717, 1.165) is 30.0 Å². The van der Waals surface area contributed by atoms with Crippen molar-refractivity contribution in [3.05, 3.63) is 114 Å². The summed E-state index contributed by atoms with van der Waals surface area (Å²) in [5.41, 5.74) is 2.49. The number of likely N-dealkylation sites (tertiary alicyclic amines) is 1. The zero-order valence-corrected chi connectivity index (χ0v) is 20.6. The molecule has 0 saturated carbocycles. The van der Waals surface area contributed by atoms with E-state index < -0.39 is 17.0 Å². The molecule has 7 heteroatoms. The van der Waals surface area contributed by atoms with E-state index in [1.54, 1.807) is 36.8 Å². The molecule has 4 aromatic rings. The first-order valence-electron chi connectivity index (χ1n) is 12.4. The first-order chi connectivity index (χ1) is 17.8. The zero-order valence-electron chi connectivity index (χ0n) is 20.6. The summed E-state index contributed by atoms with van der Waals surface area (Å²) in [6.45, 7) is 3.26. The fraction of sp³-hybridized carbons (Fsp3) is 0.267. The van der Waals surface area contributed by atoms with Crippen molar-refractivity contribution < 1.29 is 18.0 Å². The number of hydrogen-bond donors (Lipinski definition) is 0. The molecule has 2 heterocycles. The van der Waals surface area contributed by atoms with Gasteiger partial charge in [0.15, 0.2) is 0 Å². The lowest BCUT2D eigenvalue weighted by Gasteiger charge is -2.44. The Morgan fingerprint density at radius 1 is 0.973 bits per heavy atom. The van der Waals surface area contributed by atoms with Gasteiger partial charge in [0, 0.05) is 48.9 Å². The molecule has 1 aliphatic heterocycles. The SMILES string of the molecule is C[C@@H](c1ccc(-c2ccc(F)cc2F)cc1)N1CC[C@@](CCn2ccnc2)(c2ccc(F)cc2)CC1=O. The number of nitrogens with zero attached hydrogens (tertiary/aromatic N) is 3. The van der Waals surface area contributed by atoms with Gasteiger partial charge in [0.2, 0.25) is 5.91 Å². The second-order valence-electron chi connectivity index (χ2n) is 9.77. The Hall–Kier alpha value is -3.87. The maximum absolute atomic E-state index is 14.2. The molecule has 0 radical (unpaired) electrons. The standard InChI is InChI=1S/C30H28F3N3O/c1-21(22-2-4-23(5-3-22)27-11-10-26(32)18-28(27)33)36-16-13-30(19-29(36)37,12-15-35-17-14-34-20-35)24-6-8-25(31)9-7-24/h2-11,14,17-18,20-21H,12-13,15-16,19H2,1H3/t21-,30+/m0/s1. The number of hydrogen-bond acceptors (Lipinski definition) is 2. The summed E-state index contributed by atoms with van der Waals surface area (Å²) < 4.78 is 43.2. The minimum atomic E-state index is -0.614. The Morgan fingerprint density at radius 2 is 1.70 bits per heavy atom. The Labute approximate surface area is 214 Å². The number of carbonyl (C=O) groups is 1. The molecule has 0 spiro atoms. The van der Waals surface area contributed by atoms with Crippen LogP contribution in [0.4, 0.5) is 13.2 Å². The van der Waals surface area contributed by atoms with Gasteiger partial charge in [-0.25, -0.2) is 18.2 Å². The van der Waals surface area contributed by atoms with Gasteiger partial charge in [-0.15, -0.1) is 0 Å². The highest BCUT2D eigenvalue weighted by atomic mass is 19.1. The van der Waals surface area contributed by atoms with E-state index in [-0.39, 0.29) is 17.8 Å². The number of halogens is 3. The van der Waals surface area contributed by atoms with Gasteiger partial charge in [-0.3, -0.25) is 4.79 Å². The van der Waals surface area contributed by atoms with Crippen molar-refractivity contribution in [2.45, 2.75) is 44.2 Å². The van der Waals surface area contributed by atoms with Gasteiger partial charge < -0.3 is 9.47 Å². The molecule has 0 aliphatic carbocycles. The lowest BCUT2D eigenvalue weighted by atomic mass is 9.70. The number of benzene rings is 3. The van der Waals surface area contributed by atoms with Gasteiger partial charge in [-0.2, -0.15) is 0 Å². The number of amides is 1. The fourth-order valence-electron chi connectivity index (χ4n) is 5.36. The Balaban J connectivity index is 1.34. The van der Waals surface area contributed by atoms with Crippen molar-refractivity contribution in [1.29, 1.82) is 0 Å². The summed E-state index contributed by atoms with van der Waals surface area (Å²) >= 11 is 0. The maximum Gasteiger partial charge on any atom is 0.223 e. The third-order valence-electron chi connectivity index (χ3n) is 7.61. The van der Waals surface area contributed by atoms with Crippen LogP contribution in [0.3, 0.4) is 0 Å². The minimum Gasteiger partial charge on any atom is -0.337 e. The van der Waals surface area contributed by atoms with Crippen LogP contribution in [-0.2, 0) is 16.8 Å². The topological polar surface area (TPSA) is 38.1 Å². The Morgan fingerprint density at radius 3 is 2.35 bits per heavy atom. The van der Waals surface area contributed by atoms with Crippen LogP contribution in [0, 0.1) is 17.5 Å². The second kappa shape index (κ2) is 10.2. The van der Waals surface area contributed by atoms with Gasteiger partial charge in [-0.05, 0) is 60.7 Å². The third-order valence-corrected chi connectivity index (χ3v) is 7.61. The van der Waals surface area contributed by atoms with Crippen molar-refractivity contribution in [1.82, 2.24) is 14.5 Å². The highest BCUT2D eigenvalue weighted by molar-refractivity contribution is 5.79. The first kappa shape index (κ1) is 24.8. The summed E-state index contributed by atoms with van der Waals surface area (Å²) in [4.78, 5) is 19.5. The molecule has 1 aliphatic rings. The summed E-state index contributed by atoms with van der Waals surface area (Å²) in [7, 11) is 0. The zero-order chi connectivity index (χ0) is 26.0. The molecule has 0 unspecified atom stereocenters. The predicted octanol–water partition coefficient (Wildman–Crippen LogP) is 6.68. The van der Waals surface area contributed by atoms with E-state index in [0.29, 0.717) is 30.6 Å². The van der Waals surface area contributed by atoms with Gasteiger partial charge >= 0.3 is 0 Å². The molecule has 0 bridgehead atoms. The molecular formula is C30H28F3N3O. The molecule has 0 N–H and O–H groups in total. The van der Waals surface area contributed by atoms with Gasteiger partial charge in [-0.1, -0.05) is 36.4 Å². The molecule has 190 valence electrons. The van der Waals surface area contributed by atoms with E-state index in [4.69, 9.17) is 0 Å². The number of carbonyl (C=O) groups excluding carboxylic acids is 1. The van der Waals surface area contributed by atoms with Crippen LogP contribution in [0.25, 0.3) is 11.1 Å². The third kappa shape index (κ3) is 5.17. The Kier molecular flexibility index (Phi) is 6.87. The van der Waals surface area contributed by atoms with Gasteiger partial charge in [0.25, 0.3) is 0 Å². The van der Waals surface area contributed by atoms with Gasteiger partial charge in [0.1, 0.15) is 17.5 Å². The van der Waals surface area contributed by atoms with Crippen LogP contribution in [0.5, 0.6) is 0 Å². The lowest BCUT2D eigenvalue weighted by Crippen LogP contribution is -2.47. The number of aryl methyl sites for hydroxylation is 1. The molecule has 2 atom stereocenters. The van der Waals surface area contributed by atoms with Crippen LogP contribution in [0.1, 0.15) is 43.4 Å². The molecule has 1 amide bonds. The molecule has 1 aromatic heterocycles. The number of rotatable bonds is 7. The molecule has 1 saturated heterocycles. The first-order valence-corrected chi connectivity index (χ1v) is 12.4. The highest BCUT2D eigenvalue weighted by Crippen LogP contribution is 2.42. The molecule has 3 aromatic carbocycles. The van der Waals surface area contributed by atoms with Crippen molar-refractivity contribution in [2.75, 3.05) is 6.54 Å². The fourth-order valence-corrected chi connectivity index (χ4v) is 5.36. The minimum absolute atomic E-state index is 0.0439. The maximum atomic E-state index is 14.2. The number of imidazole rings is 1. The second-order valence-corrected chi connectivity index (χ2v) is 9.77. The van der Waals surface area contributed by atoms with Crippen molar-refractivity contribution in [3.8, 4) is 11.1 Å². The van der Waals surface area contributed by atoms with E-state index in [1.807, 2.05) is 34.7 Å². The molecular weight excluding hydrogens is 475 g/mol. The van der Waals surface area contributed by atoms with E-state index in [9.17, 15) is 18.0 Å². The monoisotopic (exact) mass is 503 g/mol. The molecule has 5 rings (SSSR count). The average molecular weight is 504 g/mol. The van der Waals surface area contributed by atoms with Crippen LogP contribution < -0.4 is 0 Å². The van der Waals surface area contributed by atoms with Crippen molar-refractivity contribution >= 4 is 5.91 Å². The highest BCUT2D eigenvalue weighted by Gasteiger charge is 2.41. The summed E-state index contributed by atoms with van der Waals surface area (Å²) in [6, 6.07) is 17.2. The van der Waals surface area contributed by atoms with Gasteiger partial charge in [0.05, 0.1) is 12.4 Å². The van der Waals surface area contributed by atoms with Crippen LogP contribution in [0.2, 0.25) is 0 Å². The summed E-state index contributed by atoms with van der Waals surface area (Å²) in [5, 5.41) is 0. The van der Waals surface area contributed by atoms with Crippen molar-refractivity contribution in [2.24, 2.45) is 0 Å². The number of aromatic nitrogens is 2. The molecule has 4 nitrogen and oxygen atoms in total. The van der Waals surface area contributed by atoms with Crippen LogP contribution >= 0.6 is 0 Å². The van der Waals surface area contributed by atoms with Crippen LogP contribution in [0.15, 0.2) is 85.5 Å². The van der Waals surface area contributed by atoms with Crippen molar-refractivity contribution in [3.63, 3.8) is 0 Å². The quantitative estimate of drug-likeness (QED) is 0.282. The molecule has 1 fully saturated rings. The smallest absolute Gasteiger partial charge is 0.223 e. The van der Waals surface area contributed by atoms with E-state index >= 15 is 0 Å². The molecule has 37 heavy (non-hydrogen) atoms. The number of piperidine rings is 1. The summed E-state index contributed by atoms with van der Waals surface area (Å²) in [5.74, 6) is -1.48. The largest absolute Gasteiger partial charge is 0.337 e. The normalized spacial score (nSPS) is 18.7. The van der Waals surface area contributed by atoms with Crippen LogP contribution in [-0.4, -0.2) is 26.9 Å². The average Bonchev–Trinajstić information content (AvgIpc) is 3.42. The lowest BCUT2D eigenvalue weighted by molar-refractivity contribution is -0.138. The van der Waals surface area contributed by atoms with E-state index in [2.05, 4.69) is 4.98 Å². The Bertz CT molecular complexity index is 1370. The predicted molar refractivity (Wildman–Crippen MR) is 136 cm³/mol.